The van der Waals surface area contributed by atoms with Gasteiger partial charge in [-0.25, -0.2) is 4.79 Å². The number of carboxylic acids is 1. The fourth-order valence-corrected chi connectivity index (χ4v) is 3.69. The fourth-order valence-electron chi connectivity index (χ4n) is 3.69. The van der Waals surface area contributed by atoms with Crippen LogP contribution in [0.15, 0.2) is 18.2 Å². The van der Waals surface area contributed by atoms with Crippen molar-refractivity contribution in [2.24, 2.45) is 11.8 Å². The summed E-state index contributed by atoms with van der Waals surface area (Å²) >= 11 is 0. The van der Waals surface area contributed by atoms with Crippen LogP contribution in [0.25, 0.3) is 0 Å². The second-order valence-electron chi connectivity index (χ2n) is 6.88. The number of phenols is 1. The summed E-state index contributed by atoms with van der Waals surface area (Å²) in [6, 6.07) is 5.96. The SMILES string of the molecule is CC(O)C(=O)O.C[C@H]1C2Cc3ccc(O)cc3[C@@H]1CCN(C)C2. The van der Waals surface area contributed by atoms with Crippen molar-refractivity contribution in [1.29, 1.82) is 0 Å². The van der Waals surface area contributed by atoms with Gasteiger partial charge in [0.05, 0.1) is 0 Å². The van der Waals surface area contributed by atoms with E-state index >= 15 is 0 Å². The summed E-state index contributed by atoms with van der Waals surface area (Å²) in [5.74, 6) is 1.40. The zero-order valence-electron chi connectivity index (χ0n) is 14.1. The zero-order chi connectivity index (χ0) is 17.1. The first-order valence-electron chi connectivity index (χ1n) is 8.20. The van der Waals surface area contributed by atoms with Crippen LogP contribution in [-0.4, -0.2) is 52.4 Å². The van der Waals surface area contributed by atoms with E-state index in [1.807, 2.05) is 12.1 Å². The zero-order valence-corrected chi connectivity index (χ0v) is 14.1. The molecular formula is C18H27NO4. The van der Waals surface area contributed by atoms with Gasteiger partial charge in [-0.1, -0.05) is 13.0 Å². The van der Waals surface area contributed by atoms with Crippen molar-refractivity contribution in [1.82, 2.24) is 4.90 Å². The van der Waals surface area contributed by atoms with E-state index in [0.29, 0.717) is 11.7 Å². The smallest absolute Gasteiger partial charge is 0.332 e. The van der Waals surface area contributed by atoms with Gasteiger partial charge in [-0.05, 0) is 74.4 Å². The number of rotatable bonds is 1. The first kappa shape index (κ1) is 17.8. The minimum Gasteiger partial charge on any atom is -0.508 e. The number of fused-ring (bicyclic) bond motifs is 4. The summed E-state index contributed by atoms with van der Waals surface area (Å²) in [6.07, 6.45) is 1.17. The van der Waals surface area contributed by atoms with Gasteiger partial charge in [0.2, 0.25) is 0 Å². The molecule has 1 fully saturated rings. The molecule has 23 heavy (non-hydrogen) atoms. The molecule has 0 saturated carbocycles. The molecule has 1 aromatic rings. The number of aliphatic carboxylic acids is 1. The topological polar surface area (TPSA) is 81.0 Å². The molecule has 1 aromatic carbocycles. The Bertz CT molecular complexity index is 558. The number of hydrogen-bond acceptors (Lipinski definition) is 4. The molecule has 3 rings (SSSR count). The number of carbonyl (C=O) groups is 1. The lowest BCUT2D eigenvalue weighted by atomic mass is 9.69. The molecule has 4 atom stereocenters. The van der Waals surface area contributed by atoms with Crippen molar-refractivity contribution in [3.05, 3.63) is 29.3 Å². The molecule has 3 N–H and O–H groups in total. The Balaban J connectivity index is 0.000000277. The summed E-state index contributed by atoms with van der Waals surface area (Å²) < 4.78 is 0. The Morgan fingerprint density at radius 3 is 2.65 bits per heavy atom. The minimum absolute atomic E-state index is 0.423. The third kappa shape index (κ3) is 4.24. The normalized spacial score (nSPS) is 27.9. The lowest BCUT2D eigenvalue weighted by molar-refractivity contribution is -0.145. The van der Waals surface area contributed by atoms with Crippen molar-refractivity contribution in [2.45, 2.75) is 38.7 Å². The van der Waals surface area contributed by atoms with Gasteiger partial charge >= 0.3 is 5.97 Å². The quantitative estimate of drug-likeness (QED) is 0.738. The summed E-state index contributed by atoms with van der Waals surface area (Å²) in [4.78, 5) is 11.9. The molecule has 1 aliphatic carbocycles. The predicted molar refractivity (Wildman–Crippen MR) is 88.6 cm³/mol. The summed E-state index contributed by atoms with van der Waals surface area (Å²) in [7, 11) is 2.23. The second kappa shape index (κ2) is 7.32. The predicted octanol–water partition coefficient (Wildman–Crippen LogP) is 2.07. The third-order valence-corrected chi connectivity index (χ3v) is 5.11. The highest BCUT2D eigenvalue weighted by Gasteiger charge is 2.36. The average molecular weight is 321 g/mol. The molecule has 5 nitrogen and oxygen atoms in total. The first-order chi connectivity index (χ1) is 10.8. The molecule has 1 heterocycles. The Morgan fingerprint density at radius 2 is 2.04 bits per heavy atom. The highest BCUT2D eigenvalue weighted by Crippen LogP contribution is 2.44. The molecule has 1 aliphatic heterocycles. The van der Waals surface area contributed by atoms with E-state index in [9.17, 15) is 9.90 Å². The van der Waals surface area contributed by atoms with Crippen molar-refractivity contribution in [3.63, 3.8) is 0 Å². The molecule has 0 radical (unpaired) electrons. The van der Waals surface area contributed by atoms with Crippen LogP contribution in [-0.2, 0) is 11.2 Å². The molecule has 2 aliphatic rings. The van der Waals surface area contributed by atoms with Crippen LogP contribution < -0.4 is 0 Å². The Morgan fingerprint density at radius 1 is 1.39 bits per heavy atom. The molecule has 0 amide bonds. The van der Waals surface area contributed by atoms with Crippen LogP contribution in [0.4, 0.5) is 0 Å². The molecule has 0 spiro atoms. The summed E-state index contributed by atoms with van der Waals surface area (Å²) in [5.41, 5.74) is 2.87. The molecule has 0 aromatic heterocycles. The largest absolute Gasteiger partial charge is 0.508 e. The van der Waals surface area contributed by atoms with E-state index < -0.39 is 12.1 Å². The number of carboxylic acid groups (broad SMARTS) is 1. The molecule has 2 unspecified atom stereocenters. The van der Waals surface area contributed by atoms with Crippen LogP contribution in [0.3, 0.4) is 0 Å². The maximum atomic E-state index is 9.68. The summed E-state index contributed by atoms with van der Waals surface area (Å²) in [6.45, 7) is 5.99. The van der Waals surface area contributed by atoms with Gasteiger partial charge in [0.25, 0.3) is 0 Å². The molecule has 2 bridgehead atoms. The third-order valence-electron chi connectivity index (χ3n) is 5.11. The van der Waals surface area contributed by atoms with Crippen LogP contribution in [0.2, 0.25) is 0 Å². The van der Waals surface area contributed by atoms with E-state index in [4.69, 9.17) is 10.2 Å². The number of phenolic OH excluding ortho intramolecular Hbond substituents is 1. The minimum atomic E-state index is -1.23. The molecule has 5 heteroatoms. The maximum Gasteiger partial charge on any atom is 0.332 e. The van der Waals surface area contributed by atoms with Crippen LogP contribution in [0.5, 0.6) is 5.75 Å². The number of benzene rings is 1. The van der Waals surface area contributed by atoms with E-state index in [1.165, 1.54) is 44.0 Å². The van der Waals surface area contributed by atoms with Crippen LogP contribution >= 0.6 is 0 Å². The van der Waals surface area contributed by atoms with Crippen LogP contribution in [0.1, 0.15) is 37.3 Å². The number of nitrogens with zero attached hydrogens (tertiary/aromatic N) is 1. The molecule has 1 saturated heterocycles. The maximum absolute atomic E-state index is 9.68. The highest BCUT2D eigenvalue weighted by molar-refractivity contribution is 5.71. The van der Waals surface area contributed by atoms with Gasteiger partial charge < -0.3 is 20.2 Å². The molecular weight excluding hydrogens is 294 g/mol. The van der Waals surface area contributed by atoms with Gasteiger partial charge in [-0.3, -0.25) is 0 Å². The Labute approximate surface area is 137 Å². The standard InChI is InChI=1S/C15H21NO.C3H6O3/c1-10-12-7-11-3-4-13(17)8-15(11)14(10)5-6-16(2)9-12;1-2(4)3(5)6/h3-4,8,10,12,14,17H,5-7,9H2,1-2H3;2,4H,1H3,(H,5,6)/t10-,12?,14+;/m0./s1. The average Bonchev–Trinajstić information content (AvgIpc) is 2.56. The number of likely N-dealkylation sites (tertiary alicyclic amines) is 1. The monoisotopic (exact) mass is 321 g/mol. The summed E-state index contributed by atoms with van der Waals surface area (Å²) in [5, 5.41) is 25.5. The van der Waals surface area contributed by atoms with Crippen molar-refractivity contribution < 1.29 is 20.1 Å². The first-order valence-corrected chi connectivity index (χ1v) is 8.20. The van der Waals surface area contributed by atoms with Gasteiger partial charge in [0.1, 0.15) is 11.9 Å². The van der Waals surface area contributed by atoms with Crippen LogP contribution in [0, 0.1) is 11.8 Å². The van der Waals surface area contributed by atoms with E-state index in [-0.39, 0.29) is 0 Å². The van der Waals surface area contributed by atoms with Gasteiger partial charge in [0, 0.05) is 6.54 Å². The number of aromatic hydroxyl groups is 1. The van der Waals surface area contributed by atoms with Gasteiger partial charge in [0.15, 0.2) is 0 Å². The van der Waals surface area contributed by atoms with Gasteiger partial charge in [-0.15, -0.1) is 0 Å². The van der Waals surface area contributed by atoms with E-state index in [2.05, 4.69) is 24.9 Å². The number of aliphatic hydroxyl groups is 1. The lowest BCUT2D eigenvalue weighted by Crippen LogP contribution is -2.31. The Kier molecular flexibility index (Phi) is 5.65. The van der Waals surface area contributed by atoms with Crippen molar-refractivity contribution in [2.75, 3.05) is 20.1 Å². The highest BCUT2D eigenvalue weighted by atomic mass is 16.4. The van der Waals surface area contributed by atoms with Crippen molar-refractivity contribution in [3.8, 4) is 5.75 Å². The molecule has 128 valence electrons. The van der Waals surface area contributed by atoms with Gasteiger partial charge in [-0.2, -0.15) is 0 Å². The van der Waals surface area contributed by atoms with E-state index in [1.54, 1.807) is 0 Å². The lowest BCUT2D eigenvalue weighted by Gasteiger charge is -2.36. The number of aliphatic hydroxyl groups excluding tert-OH is 1. The Hall–Kier alpha value is -1.59. The number of hydrogen-bond donors (Lipinski definition) is 3. The second-order valence-corrected chi connectivity index (χ2v) is 6.88. The van der Waals surface area contributed by atoms with E-state index in [0.717, 1.165) is 11.8 Å². The van der Waals surface area contributed by atoms with Crippen molar-refractivity contribution >= 4 is 5.97 Å². The fraction of sp³-hybridized carbons (Fsp3) is 0.611.